The van der Waals surface area contributed by atoms with E-state index in [0.717, 1.165) is 18.3 Å². The Morgan fingerprint density at radius 1 is 1.00 bits per heavy atom. The standard InChI is InChI=1S/C20H26N4/c1-2-4-17-10-19(9-16(17)3-1)23-11-15-5-6-18(13-23)24(12-15)14-20-21-7-8-22-20/h1-4,7-8,15,18-19H,5-6,9-14H2,(H,21,22)/t15-,18+/m0/s1. The van der Waals surface area contributed by atoms with Crippen LogP contribution in [0.2, 0.25) is 0 Å². The molecule has 3 fully saturated rings. The smallest absolute Gasteiger partial charge is 0.120 e. The Morgan fingerprint density at radius 3 is 2.58 bits per heavy atom. The second kappa shape index (κ2) is 6.01. The van der Waals surface area contributed by atoms with Crippen LogP contribution in [-0.4, -0.2) is 51.5 Å². The molecule has 4 nitrogen and oxygen atoms in total. The highest BCUT2D eigenvalue weighted by molar-refractivity contribution is 5.33. The lowest BCUT2D eigenvalue weighted by Crippen LogP contribution is -2.45. The third kappa shape index (κ3) is 2.68. The number of aromatic amines is 1. The van der Waals surface area contributed by atoms with E-state index in [1.807, 2.05) is 12.4 Å². The van der Waals surface area contributed by atoms with Crippen molar-refractivity contribution in [1.82, 2.24) is 19.8 Å². The van der Waals surface area contributed by atoms with Crippen LogP contribution in [-0.2, 0) is 19.4 Å². The fourth-order valence-electron chi connectivity index (χ4n) is 5.08. The number of hydrogen-bond donors (Lipinski definition) is 1. The molecule has 3 saturated heterocycles. The molecule has 0 radical (unpaired) electrons. The Hall–Kier alpha value is -1.65. The summed E-state index contributed by atoms with van der Waals surface area (Å²) in [6.45, 7) is 4.73. The highest BCUT2D eigenvalue weighted by atomic mass is 15.3. The first-order valence-electron chi connectivity index (χ1n) is 9.38. The van der Waals surface area contributed by atoms with Crippen LogP contribution in [0.1, 0.15) is 29.8 Å². The molecule has 2 aromatic rings. The third-order valence-corrected chi connectivity index (χ3v) is 6.31. The predicted molar refractivity (Wildman–Crippen MR) is 94.7 cm³/mol. The largest absolute Gasteiger partial charge is 0.348 e. The predicted octanol–water partition coefficient (Wildman–Crippen LogP) is 2.47. The van der Waals surface area contributed by atoms with E-state index in [9.17, 15) is 0 Å². The van der Waals surface area contributed by atoms with Gasteiger partial charge in [0, 0.05) is 44.1 Å². The lowest BCUT2D eigenvalue weighted by atomic mass is 9.95. The van der Waals surface area contributed by atoms with Crippen molar-refractivity contribution in [2.45, 2.75) is 44.3 Å². The van der Waals surface area contributed by atoms with Gasteiger partial charge in [-0.1, -0.05) is 24.3 Å². The first-order chi connectivity index (χ1) is 11.8. The van der Waals surface area contributed by atoms with Crippen LogP contribution in [0, 0.1) is 5.92 Å². The molecule has 1 aromatic heterocycles. The Balaban J connectivity index is 1.31. The quantitative estimate of drug-likeness (QED) is 0.943. The van der Waals surface area contributed by atoms with E-state index in [1.54, 1.807) is 11.1 Å². The molecule has 24 heavy (non-hydrogen) atoms. The summed E-state index contributed by atoms with van der Waals surface area (Å²) in [6.07, 6.45) is 9.04. The van der Waals surface area contributed by atoms with Gasteiger partial charge in [0.2, 0.25) is 0 Å². The number of imidazole rings is 1. The maximum absolute atomic E-state index is 4.44. The van der Waals surface area contributed by atoms with Crippen molar-refractivity contribution >= 4 is 0 Å². The van der Waals surface area contributed by atoms with Crippen molar-refractivity contribution < 1.29 is 0 Å². The maximum atomic E-state index is 4.44. The van der Waals surface area contributed by atoms with Crippen molar-refractivity contribution in [3.8, 4) is 0 Å². The maximum Gasteiger partial charge on any atom is 0.120 e. The molecular formula is C20H26N4. The number of piperidine rings is 1. The monoisotopic (exact) mass is 322 g/mol. The van der Waals surface area contributed by atoms with E-state index in [2.05, 4.69) is 44.0 Å². The van der Waals surface area contributed by atoms with Crippen LogP contribution in [0.15, 0.2) is 36.7 Å². The molecule has 0 saturated carbocycles. The van der Waals surface area contributed by atoms with Gasteiger partial charge in [0.05, 0.1) is 6.54 Å². The topological polar surface area (TPSA) is 35.2 Å². The first-order valence-corrected chi connectivity index (χ1v) is 9.38. The zero-order valence-electron chi connectivity index (χ0n) is 14.2. The van der Waals surface area contributed by atoms with E-state index in [-0.39, 0.29) is 0 Å². The minimum Gasteiger partial charge on any atom is -0.348 e. The number of H-pyrrole nitrogens is 1. The average Bonchev–Trinajstić information content (AvgIpc) is 3.17. The van der Waals surface area contributed by atoms with E-state index >= 15 is 0 Å². The molecule has 0 spiro atoms. The summed E-state index contributed by atoms with van der Waals surface area (Å²) in [5, 5.41) is 0. The summed E-state index contributed by atoms with van der Waals surface area (Å²) in [6, 6.07) is 10.4. The van der Waals surface area contributed by atoms with Crippen molar-refractivity contribution in [3.63, 3.8) is 0 Å². The van der Waals surface area contributed by atoms with Crippen LogP contribution >= 0.6 is 0 Å². The van der Waals surface area contributed by atoms with Crippen LogP contribution in [0.4, 0.5) is 0 Å². The van der Waals surface area contributed by atoms with E-state index in [4.69, 9.17) is 0 Å². The number of fused-ring (bicyclic) bond motifs is 5. The number of nitrogens with zero attached hydrogens (tertiary/aromatic N) is 3. The molecule has 4 aliphatic rings. The van der Waals surface area contributed by atoms with Crippen LogP contribution in [0.3, 0.4) is 0 Å². The SMILES string of the molecule is c1ccc2c(c1)CC(N1C[C@@H]3CC[C@H](C1)N(Cc1ncc[nH]1)C3)C2. The second-order valence-corrected chi connectivity index (χ2v) is 7.85. The van der Waals surface area contributed by atoms with Gasteiger partial charge in [-0.2, -0.15) is 0 Å². The van der Waals surface area contributed by atoms with Gasteiger partial charge in [-0.05, 0) is 42.7 Å². The Bertz CT molecular complexity index is 670. The third-order valence-electron chi connectivity index (χ3n) is 6.31. The normalized spacial score (nSPS) is 28.2. The molecule has 3 aliphatic heterocycles. The van der Waals surface area contributed by atoms with Crippen molar-refractivity contribution in [3.05, 3.63) is 53.6 Å². The van der Waals surface area contributed by atoms with Gasteiger partial charge >= 0.3 is 0 Å². The molecule has 6 rings (SSSR count). The lowest BCUT2D eigenvalue weighted by molar-refractivity contribution is 0.117. The van der Waals surface area contributed by atoms with Crippen LogP contribution in [0.25, 0.3) is 0 Å². The molecule has 2 atom stereocenters. The van der Waals surface area contributed by atoms with E-state index in [0.29, 0.717) is 12.1 Å². The molecule has 126 valence electrons. The molecule has 4 heteroatoms. The molecule has 2 bridgehead atoms. The second-order valence-electron chi connectivity index (χ2n) is 7.85. The summed E-state index contributed by atoms with van der Waals surface area (Å²) in [7, 11) is 0. The summed E-state index contributed by atoms with van der Waals surface area (Å²) < 4.78 is 0. The minimum atomic E-state index is 0.692. The van der Waals surface area contributed by atoms with Crippen molar-refractivity contribution in [2.24, 2.45) is 5.92 Å². The number of rotatable bonds is 3. The van der Waals surface area contributed by atoms with E-state index < -0.39 is 0 Å². The zero-order valence-corrected chi connectivity index (χ0v) is 14.2. The Kier molecular flexibility index (Phi) is 3.68. The van der Waals surface area contributed by atoms with Crippen LogP contribution < -0.4 is 0 Å². The molecular weight excluding hydrogens is 296 g/mol. The number of benzene rings is 1. The Labute approximate surface area is 143 Å². The molecule has 0 unspecified atom stereocenters. The summed E-state index contributed by atoms with van der Waals surface area (Å²) >= 11 is 0. The zero-order chi connectivity index (χ0) is 15.9. The molecule has 1 aliphatic carbocycles. The molecule has 4 heterocycles. The molecule has 0 amide bonds. The summed E-state index contributed by atoms with van der Waals surface area (Å²) in [5.41, 5.74) is 3.15. The van der Waals surface area contributed by atoms with Crippen LogP contribution in [0.5, 0.6) is 0 Å². The van der Waals surface area contributed by atoms with Gasteiger partial charge < -0.3 is 4.98 Å². The van der Waals surface area contributed by atoms with Gasteiger partial charge in [-0.15, -0.1) is 0 Å². The van der Waals surface area contributed by atoms with Crippen molar-refractivity contribution in [1.29, 1.82) is 0 Å². The number of hydrogen-bond acceptors (Lipinski definition) is 3. The van der Waals surface area contributed by atoms with Gasteiger partial charge in [-0.3, -0.25) is 9.80 Å². The highest BCUT2D eigenvalue weighted by Crippen LogP contribution is 2.33. The Morgan fingerprint density at radius 2 is 1.83 bits per heavy atom. The van der Waals surface area contributed by atoms with Crippen molar-refractivity contribution in [2.75, 3.05) is 19.6 Å². The summed E-state index contributed by atoms with van der Waals surface area (Å²) in [4.78, 5) is 13.2. The fraction of sp³-hybridized carbons (Fsp3) is 0.550. The molecule has 1 N–H and O–H groups in total. The minimum absolute atomic E-state index is 0.692. The van der Waals surface area contributed by atoms with Gasteiger partial charge in [0.1, 0.15) is 5.82 Å². The molecule has 1 aromatic carbocycles. The average molecular weight is 322 g/mol. The highest BCUT2D eigenvalue weighted by Gasteiger charge is 2.38. The first kappa shape index (κ1) is 14.7. The van der Waals surface area contributed by atoms with E-state index in [1.165, 1.54) is 45.3 Å². The van der Waals surface area contributed by atoms with Gasteiger partial charge in [-0.25, -0.2) is 4.98 Å². The van der Waals surface area contributed by atoms with Gasteiger partial charge in [0.15, 0.2) is 0 Å². The summed E-state index contributed by atoms with van der Waals surface area (Å²) in [5.74, 6) is 1.93. The van der Waals surface area contributed by atoms with Gasteiger partial charge in [0.25, 0.3) is 0 Å². The fourth-order valence-corrected chi connectivity index (χ4v) is 5.08. The lowest BCUT2D eigenvalue weighted by Gasteiger charge is -2.35. The number of aromatic nitrogens is 2. The number of nitrogens with one attached hydrogen (secondary N) is 1.